The number of benzene rings is 1. The van der Waals surface area contributed by atoms with Gasteiger partial charge in [0.1, 0.15) is 10.2 Å². The summed E-state index contributed by atoms with van der Waals surface area (Å²) in [6.45, 7) is 1.44. The van der Waals surface area contributed by atoms with E-state index in [2.05, 4.69) is 10.3 Å². The van der Waals surface area contributed by atoms with Crippen molar-refractivity contribution < 1.29 is 33.3 Å². The maximum atomic E-state index is 12.6. The third-order valence-corrected chi connectivity index (χ3v) is 6.35. The Bertz CT molecular complexity index is 1270. The van der Waals surface area contributed by atoms with Crippen LogP contribution in [0.15, 0.2) is 36.5 Å². The molecule has 0 aliphatic carbocycles. The van der Waals surface area contributed by atoms with Gasteiger partial charge in [-0.3, -0.25) is 4.79 Å². The lowest BCUT2D eigenvalue weighted by molar-refractivity contribution is -0.119. The maximum absolute atomic E-state index is 12.6. The number of esters is 2. The summed E-state index contributed by atoms with van der Waals surface area (Å²) >= 11 is 7.11. The van der Waals surface area contributed by atoms with Gasteiger partial charge in [-0.2, -0.15) is 0 Å². The lowest BCUT2D eigenvalue weighted by atomic mass is 10.0. The number of ether oxygens (including phenoxy) is 4. The zero-order chi connectivity index (χ0) is 24.2. The third kappa shape index (κ3) is 4.97. The molecule has 1 aliphatic heterocycles. The minimum Gasteiger partial charge on any atom is -0.465 e. The van der Waals surface area contributed by atoms with Crippen molar-refractivity contribution >= 4 is 45.8 Å². The highest BCUT2D eigenvalue weighted by Crippen LogP contribution is 2.37. The predicted molar refractivity (Wildman–Crippen MR) is 124 cm³/mol. The Labute approximate surface area is 203 Å². The lowest BCUT2D eigenvalue weighted by Crippen LogP contribution is -2.22. The highest BCUT2D eigenvalue weighted by molar-refractivity contribution is 7.16. The Kier molecular flexibility index (Phi) is 6.99. The van der Waals surface area contributed by atoms with Gasteiger partial charge in [0, 0.05) is 11.1 Å². The fraction of sp³-hybridized carbons (Fsp3) is 0.217. The molecule has 0 bridgehead atoms. The number of thiophene rings is 1. The van der Waals surface area contributed by atoms with Gasteiger partial charge in [0.05, 0.1) is 18.2 Å². The number of nitrogens with one attached hydrogen (secondary N) is 1. The predicted octanol–water partition coefficient (Wildman–Crippen LogP) is 4.01. The first kappa shape index (κ1) is 23.5. The van der Waals surface area contributed by atoms with E-state index in [0.717, 1.165) is 10.4 Å². The first-order valence-electron chi connectivity index (χ1n) is 10.0. The van der Waals surface area contributed by atoms with Crippen LogP contribution in [-0.4, -0.2) is 43.3 Å². The van der Waals surface area contributed by atoms with Gasteiger partial charge in [-0.1, -0.05) is 17.7 Å². The largest absolute Gasteiger partial charge is 0.465 e. The number of amides is 1. The zero-order valence-electron chi connectivity index (χ0n) is 18.2. The van der Waals surface area contributed by atoms with Gasteiger partial charge in [-0.15, -0.1) is 11.3 Å². The molecule has 1 N–H and O–H groups in total. The van der Waals surface area contributed by atoms with Crippen molar-refractivity contribution in [2.24, 2.45) is 0 Å². The molecule has 9 nitrogen and oxygen atoms in total. The number of methoxy groups -OCH3 is 1. The van der Waals surface area contributed by atoms with E-state index < -0.39 is 24.5 Å². The van der Waals surface area contributed by atoms with Crippen molar-refractivity contribution in [3.63, 3.8) is 0 Å². The van der Waals surface area contributed by atoms with Crippen LogP contribution >= 0.6 is 22.9 Å². The average Bonchev–Trinajstić information content (AvgIpc) is 3.41. The van der Waals surface area contributed by atoms with Crippen LogP contribution in [0, 0.1) is 6.92 Å². The molecule has 0 saturated carbocycles. The average molecular weight is 503 g/mol. The molecule has 3 aromatic rings. The standard InChI is InChI=1S/C23H19ClN2O7S/c1-12-15(8-13-5-6-16-17(9-13)33-11-32-16)19(23(29)30-2)21(34-12)26-18(27)10-31-22(28)14-4-3-7-25-20(14)24/h3-7,9H,8,10-11H2,1-2H3,(H,26,27). The van der Waals surface area contributed by atoms with E-state index in [9.17, 15) is 14.4 Å². The maximum Gasteiger partial charge on any atom is 0.341 e. The van der Waals surface area contributed by atoms with Gasteiger partial charge in [0.15, 0.2) is 18.1 Å². The van der Waals surface area contributed by atoms with Crippen molar-refractivity contribution in [2.75, 3.05) is 25.8 Å². The highest BCUT2D eigenvalue weighted by Gasteiger charge is 2.25. The molecule has 0 spiro atoms. The molecule has 0 fully saturated rings. The number of nitrogens with zero attached hydrogens (tertiary/aromatic N) is 1. The molecule has 0 atom stereocenters. The Morgan fingerprint density at radius 3 is 2.74 bits per heavy atom. The summed E-state index contributed by atoms with van der Waals surface area (Å²) in [5.74, 6) is -0.695. The molecular weight excluding hydrogens is 484 g/mol. The normalized spacial score (nSPS) is 11.7. The summed E-state index contributed by atoms with van der Waals surface area (Å²) < 4.78 is 20.8. The molecule has 0 unspecified atom stereocenters. The molecule has 1 aliphatic rings. The quantitative estimate of drug-likeness (QED) is 0.381. The minimum atomic E-state index is -0.785. The molecule has 0 saturated heterocycles. The van der Waals surface area contributed by atoms with Crippen LogP contribution in [0.1, 0.15) is 36.7 Å². The van der Waals surface area contributed by atoms with Gasteiger partial charge < -0.3 is 24.3 Å². The van der Waals surface area contributed by atoms with E-state index in [0.29, 0.717) is 28.5 Å². The monoisotopic (exact) mass is 502 g/mol. The number of halogens is 1. The van der Waals surface area contributed by atoms with E-state index in [4.69, 9.17) is 30.5 Å². The number of aromatic nitrogens is 1. The molecule has 1 amide bonds. The second-order valence-corrected chi connectivity index (χ2v) is 8.75. The van der Waals surface area contributed by atoms with E-state index >= 15 is 0 Å². The first-order chi connectivity index (χ1) is 16.4. The lowest BCUT2D eigenvalue weighted by Gasteiger charge is -2.09. The summed E-state index contributed by atoms with van der Waals surface area (Å²) in [6, 6.07) is 8.51. The van der Waals surface area contributed by atoms with E-state index in [-0.39, 0.29) is 23.1 Å². The van der Waals surface area contributed by atoms with Crippen LogP contribution in [0.3, 0.4) is 0 Å². The van der Waals surface area contributed by atoms with Gasteiger partial charge in [-0.05, 0) is 48.7 Å². The van der Waals surface area contributed by atoms with Crippen molar-refractivity contribution in [2.45, 2.75) is 13.3 Å². The topological polar surface area (TPSA) is 113 Å². The Balaban J connectivity index is 1.50. The molecule has 3 heterocycles. The molecule has 11 heteroatoms. The van der Waals surface area contributed by atoms with Gasteiger partial charge in [-0.25, -0.2) is 14.6 Å². The van der Waals surface area contributed by atoms with Gasteiger partial charge in [0.2, 0.25) is 6.79 Å². The second-order valence-electron chi connectivity index (χ2n) is 7.16. The van der Waals surface area contributed by atoms with Gasteiger partial charge in [0.25, 0.3) is 5.91 Å². The number of fused-ring (bicyclic) bond motifs is 1. The first-order valence-corrected chi connectivity index (χ1v) is 11.2. The molecule has 4 rings (SSSR count). The number of hydrogen-bond acceptors (Lipinski definition) is 9. The molecule has 34 heavy (non-hydrogen) atoms. The number of carbonyl (C=O) groups excluding carboxylic acids is 3. The number of carbonyl (C=O) groups is 3. The zero-order valence-corrected chi connectivity index (χ0v) is 19.7. The number of pyridine rings is 1. The van der Waals surface area contributed by atoms with Crippen LogP contribution in [-0.2, 0) is 20.7 Å². The number of anilines is 1. The fourth-order valence-electron chi connectivity index (χ4n) is 3.36. The van der Waals surface area contributed by atoms with Crippen molar-refractivity contribution in [3.8, 4) is 11.5 Å². The second kappa shape index (κ2) is 10.1. The Hall–Kier alpha value is -3.63. The van der Waals surface area contributed by atoms with Crippen LogP contribution < -0.4 is 14.8 Å². The molecule has 176 valence electrons. The number of aryl methyl sites for hydroxylation is 1. The van der Waals surface area contributed by atoms with Crippen molar-refractivity contribution in [3.05, 3.63) is 68.8 Å². The number of rotatable bonds is 7. The van der Waals surface area contributed by atoms with Gasteiger partial charge >= 0.3 is 11.9 Å². The molecule has 2 aromatic heterocycles. The van der Waals surface area contributed by atoms with E-state index in [1.165, 1.54) is 36.8 Å². The highest BCUT2D eigenvalue weighted by atomic mass is 35.5. The summed E-state index contributed by atoms with van der Waals surface area (Å²) in [6.07, 6.45) is 1.84. The van der Waals surface area contributed by atoms with Crippen molar-refractivity contribution in [1.29, 1.82) is 0 Å². The van der Waals surface area contributed by atoms with Crippen LogP contribution in [0.2, 0.25) is 5.15 Å². The summed E-state index contributed by atoms with van der Waals surface area (Å²) in [5, 5.41) is 2.93. The molecular formula is C23H19ClN2O7S. The Morgan fingerprint density at radius 2 is 1.97 bits per heavy atom. The smallest absolute Gasteiger partial charge is 0.341 e. The third-order valence-electron chi connectivity index (χ3n) is 4.98. The van der Waals surface area contributed by atoms with E-state index in [1.807, 2.05) is 25.1 Å². The molecule has 0 radical (unpaired) electrons. The fourth-order valence-corrected chi connectivity index (χ4v) is 4.64. The van der Waals surface area contributed by atoms with Crippen molar-refractivity contribution in [1.82, 2.24) is 4.98 Å². The SMILES string of the molecule is COC(=O)c1c(NC(=O)COC(=O)c2cccnc2Cl)sc(C)c1Cc1ccc2c(c1)OCO2. The summed E-state index contributed by atoms with van der Waals surface area (Å²) in [5.41, 5.74) is 1.91. The minimum absolute atomic E-state index is 0.0251. The van der Waals surface area contributed by atoms with Crippen LogP contribution in [0.4, 0.5) is 5.00 Å². The number of hydrogen-bond donors (Lipinski definition) is 1. The summed E-state index contributed by atoms with van der Waals surface area (Å²) in [4.78, 5) is 41.9. The Morgan fingerprint density at radius 1 is 1.18 bits per heavy atom. The molecule has 1 aromatic carbocycles. The van der Waals surface area contributed by atoms with E-state index in [1.54, 1.807) is 0 Å². The van der Waals surface area contributed by atoms with Crippen LogP contribution in [0.25, 0.3) is 0 Å². The van der Waals surface area contributed by atoms with Crippen LogP contribution in [0.5, 0.6) is 11.5 Å². The summed E-state index contributed by atoms with van der Waals surface area (Å²) in [7, 11) is 1.27.